The number of carbonyl (C=O) groups excluding carboxylic acids is 3. The van der Waals surface area contributed by atoms with E-state index in [4.69, 9.17) is 4.74 Å². The largest absolute Gasteiger partial charge is 0.457 e. The molecule has 0 saturated heterocycles. The summed E-state index contributed by atoms with van der Waals surface area (Å²) in [5.74, 6) is -1.30. The molecule has 184 valence electrons. The zero-order valence-corrected chi connectivity index (χ0v) is 20.4. The average molecular weight is 479 g/mol. The number of amides is 3. The molecule has 9 heteroatoms. The van der Waals surface area contributed by atoms with Gasteiger partial charge < -0.3 is 20.5 Å². The quantitative estimate of drug-likeness (QED) is 0.362. The van der Waals surface area contributed by atoms with Crippen molar-refractivity contribution >= 4 is 40.2 Å². The van der Waals surface area contributed by atoms with Gasteiger partial charge in [0.05, 0.1) is 17.3 Å². The molecule has 3 rings (SSSR count). The summed E-state index contributed by atoms with van der Waals surface area (Å²) >= 11 is 0. The third-order valence-corrected chi connectivity index (χ3v) is 4.99. The number of nitrogens with one attached hydrogen (secondary N) is 2. The predicted octanol–water partition coefficient (Wildman–Crippen LogP) is 4.13. The van der Waals surface area contributed by atoms with Gasteiger partial charge in [0.15, 0.2) is 0 Å². The van der Waals surface area contributed by atoms with E-state index in [2.05, 4.69) is 15.6 Å². The second kappa shape index (κ2) is 10.5. The number of aliphatic hydroxyl groups is 1. The Kier molecular flexibility index (Phi) is 7.71. The number of hydrogen-bond acceptors (Lipinski definition) is 6. The second-order valence-electron chi connectivity index (χ2n) is 9.08. The van der Waals surface area contributed by atoms with E-state index in [1.54, 1.807) is 76.4 Å². The first-order valence-corrected chi connectivity index (χ1v) is 11.2. The Hall–Kier alpha value is -3.98. The summed E-state index contributed by atoms with van der Waals surface area (Å²) in [5, 5.41) is 15.8. The highest BCUT2D eigenvalue weighted by Crippen LogP contribution is 2.27. The molecular weight excluding hydrogens is 448 g/mol. The summed E-state index contributed by atoms with van der Waals surface area (Å²) in [7, 11) is 0. The van der Waals surface area contributed by atoms with E-state index in [9.17, 15) is 19.5 Å². The van der Waals surface area contributed by atoms with Gasteiger partial charge in [-0.2, -0.15) is 0 Å². The first kappa shape index (κ1) is 25.6. The molecule has 2 aromatic carbocycles. The van der Waals surface area contributed by atoms with E-state index in [0.717, 1.165) is 10.3 Å². The first-order valence-electron chi connectivity index (χ1n) is 11.2. The van der Waals surface area contributed by atoms with Crippen LogP contribution in [0.25, 0.3) is 10.9 Å². The molecule has 0 bridgehead atoms. The molecule has 1 heterocycles. The third kappa shape index (κ3) is 6.54. The van der Waals surface area contributed by atoms with Crippen molar-refractivity contribution in [3.8, 4) is 0 Å². The summed E-state index contributed by atoms with van der Waals surface area (Å²) in [6, 6.07) is 14.8. The molecule has 3 aromatic rings. The molecule has 9 nitrogen and oxygen atoms in total. The fourth-order valence-electron chi connectivity index (χ4n) is 3.53. The number of aromatic nitrogens is 1. The maximum Gasteiger partial charge on any atom is 0.350 e. The molecule has 0 saturated carbocycles. The summed E-state index contributed by atoms with van der Waals surface area (Å²) < 4.78 is 5.54. The van der Waals surface area contributed by atoms with Crippen LogP contribution in [0.1, 0.15) is 46.3 Å². The number of urea groups is 1. The van der Waals surface area contributed by atoms with E-state index in [1.807, 2.05) is 12.1 Å². The van der Waals surface area contributed by atoms with Crippen LogP contribution in [-0.2, 0) is 14.3 Å². The normalized spacial score (nSPS) is 13.0. The molecule has 0 aliphatic carbocycles. The van der Waals surface area contributed by atoms with Gasteiger partial charge >= 0.3 is 12.0 Å². The predicted molar refractivity (Wildman–Crippen MR) is 134 cm³/mol. The number of ether oxygens (including phenoxy) is 1. The Balaban J connectivity index is 1.99. The van der Waals surface area contributed by atoms with Gasteiger partial charge in [-0.05, 0) is 57.5 Å². The molecule has 3 amide bonds. The Morgan fingerprint density at radius 3 is 2.40 bits per heavy atom. The molecule has 35 heavy (non-hydrogen) atoms. The maximum absolute atomic E-state index is 13.2. The van der Waals surface area contributed by atoms with Crippen LogP contribution in [0.2, 0.25) is 0 Å². The van der Waals surface area contributed by atoms with E-state index in [1.165, 1.54) is 6.92 Å². The number of carbonyl (C=O) groups is 3. The maximum atomic E-state index is 13.2. The Bertz CT molecular complexity index is 1230. The molecule has 2 atom stereocenters. The van der Waals surface area contributed by atoms with Crippen LogP contribution >= 0.6 is 0 Å². The fourth-order valence-corrected chi connectivity index (χ4v) is 3.53. The lowest BCUT2D eigenvalue weighted by Crippen LogP contribution is -2.57. The van der Waals surface area contributed by atoms with Gasteiger partial charge in [-0.25, -0.2) is 9.59 Å². The number of rotatable bonds is 6. The number of aliphatic hydroxyl groups excluding tert-OH is 1. The molecule has 3 N–H and O–H groups in total. The monoisotopic (exact) mass is 478 g/mol. The van der Waals surface area contributed by atoms with Crippen LogP contribution in [0.3, 0.4) is 0 Å². The SMILES string of the molecule is CC(=O)N(c1cccc2cccnc12)C(NC(=O)Nc1cccc(C(C)O)c1)C(=O)OC(C)(C)C. The standard InChI is InChI=1S/C26H30N4O5/c1-16(31)19-10-6-12-20(15-19)28-25(34)29-23(24(33)35-26(3,4)5)30(17(2)32)21-13-7-9-18-11-8-14-27-22(18)21/h6-16,23,31H,1-5H3,(H2,28,29,34). The number of pyridine rings is 1. The molecule has 0 radical (unpaired) electrons. The number of anilines is 2. The molecule has 0 aliphatic rings. The van der Waals surface area contributed by atoms with Crippen molar-refractivity contribution in [3.63, 3.8) is 0 Å². The summed E-state index contributed by atoms with van der Waals surface area (Å²) in [5.41, 5.74) is 0.996. The molecule has 0 fully saturated rings. The zero-order chi connectivity index (χ0) is 25.8. The van der Waals surface area contributed by atoms with Gasteiger partial charge in [-0.1, -0.05) is 30.3 Å². The number of nitrogens with zero attached hydrogens (tertiary/aromatic N) is 2. The lowest BCUT2D eigenvalue weighted by Gasteiger charge is -2.32. The fraction of sp³-hybridized carbons (Fsp3) is 0.308. The average Bonchev–Trinajstić information content (AvgIpc) is 2.77. The van der Waals surface area contributed by atoms with Crippen molar-refractivity contribution in [1.82, 2.24) is 10.3 Å². The second-order valence-corrected chi connectivity index (χ2v) is 9.08. The summed E-state index contributed by atoms with van der Waals surface area (Å²) in [4.78, 5) is 44.6. The zero-order valence-electron chi connectivity index (χ0n) is 20.4. The minimum atomic E-state index is -1.47. The van der Waals surface area contributed by atoms with E-state index in [0.29, 0.717) is 22.5 Å². The Morgan fingerprint density at radius 2 is 1.74 bits per heavy atom. The van der Waals surface area contributed by atoms with Gasteiger partial charge in [0.2, 0.25) is 12.1 Å². The van der Waals surface area contributed by atoms with Crippen LogP contribution in [0.15, 0.2) is 60.8 Å². The number of para-hydroxylation sites is 1. The van der Waals surface area contributed by atoms with Crippen LogP contribution in [0.4, 0.5) is 16.2 Å². The Labute approximate surface area is 204 Å². The third-order valence-electron chi connectivity index (χ3n) is 4.99. The molecule has 2 unspecified atom stereocenters. The van der Waals surface area contributed by atoms with Crippen molar-refractivity contribution in [3.05, 3.63) is 66.4 Å². The highest BCUT2D eigenvalue weighted by atomic mass is 16.6. The van der Waals surface area contributed by atoms with Crippen LogP contribution in [-0.4, -0.2) is 39.8 Å². The van der Waals surface area contributed by atoms with Gasteiger partial charge in [0.25, 0.3) is 0 Å². The molecule has 0 spiro atoms. The minimum Gasteiger partial charge on any atom is -0.457 e. The van der Waals surface area contributed by atoms with E-state index < -0.39 is 35.8 Å². The highest BCUT2D eigenvalue weighted by molar-refractivity contribution is 6.06. The molecular formula is C26H30N4O5. The van der Waals surface area contributed by atoms with Crippen LogP contribution in [0, 0.1) is 0 Å². The van der Waals surface area contributed by atoms with Gasteiger partial charge in [-0.15, -0.1) is 0 Å². The van der Waals surface area contributed by atoms with Crippen molar-refractivity contribution < 1.29 is 24.2 Å². The summed E-state index contributed by atoms with van der Waals surface area (Å²) in [6.45, 7) is 8.00. The van der Waals surface area contributed by atoms with Crippen molar-refractivity contribution in [2.75, 3.05) is 10.2 Å². The van der Waals surface area contributed by atoms with E-state index >= 15 is 0 Å². The van der Waals surface area contributed by atoms with Crippen LogP contribution in [0.5, 0.6) is 0 Å². The van der Waals surface area contributed by atoms with Crippen molar-refractivity contribution in [2.45, 2.75) is 52.5 Å². The highest BCUT2D eigenvalue weighted by Gasteiger charge is 2.35. The van der Waals surface area contributed by atoms with Gasteiger partial charge in [0.1, 0.15) is 5.60 Å². The molecule has 1 aromatic heterocycles. The Morgan fingerprint density at radius 1 is 1.06 bits per heavy atom. The lowest BCUT2D eigenvalue weighted by molar-refractivity contribution is -0.157. The van der Waals surface area contributed by atoms with Crippen molar-refractivity contribution in [2.24, 2.45) is 0 Å². The van der Waals surface area contributed by atoms with E-state index in [-0.39, 0.29) is 0 Å². The number of esters is 1. The topological polar surface area (TPSA) is 121 Å². The summed E-state index contributed by atoms with van der Waals surface area (Å²) in [6.07, 6.45) is -0.609. The minimum absolute atomic E-state index is 0.350. The lowest BCUT2D eigenvalue weighted by atomic mass is 10.1. The first-order chi connectivity index (χ1) is 16.5. The molecule has 0 aliphatic heterocycles. The number of hydrogen-bond donors (Lipinski definition) is 3. The van der Waals surface area contributed by atoms with Crippen molar-refractivity contribution in [1.29, 1.82) is 0 Å². The number of benzene rings is 2. The van der Waals surface area contributed by atoms with Gasteiger partial charge in [-0.3, -0.25) is 14.7 Å². The smallest absolute Gasteiger partial charge is 0.350 e. The van der Waals surface area contributed by atoms with Gasteiger partial charge in [0, 0.05) is 24.2 Å². The number of fused-ring (bicyclic) bond motifs is 1. The van der Waals surface area contributed by atoms with Crippen LogP contribution < -0.4 is 15.5 Å².